The van der Waals surface area contributed by atoms with E-state index in [4.69, 9.17) is 9.47 Å². The molecule has 0 aromatic carbocycles. The zero-order valence-corrected chi connectivity index (χ0v) is 14.6. The minimum Gasteiger partial charge on any atom is -0.465 e. The number of nitrogens with zero attached hydrogens (tertiary/aromatic N) is 1. The molecule has 0 saturated carbocycles. The van der Waals surface area contributed by atoms with Crippen LogP contribution in [0.25, 0.3) is 0 Å². The van der Waals surface area contributed by atoms with E-state index in [9.17, 15) is 9.59 Å². The van der Waals surface area contributed by atoms with Gasteiger partial charge in [-0.25, -0.2) is 9.59 Å². The van der Waals surface area contributed by atoms with Gasteiger partial charge in [0, 0.05) is 29.3 Å². The Morgan fingerprint density at radius 3 is 2.64 bits per heavy atom. The molecule has 1 aliphatic heterocycles. The molecule has 6 heteroatoms. The van der Waals surface area contributed by atoms with E-state index in [0.717, 1.165) is 16.9 Å². The second-order valence-electron chi connectivity index (χ2n) is 6.54. The van der Waals surface area contributed by atoms with Gasteiger partial charge in [0.2, 0.25) is 0 Å². The molecule has 0 bridgehead atoms. The van der Waals surface area contributed by atoms with E-state index < -0.39 is 5.60 Å². The van der Waals surface area contributed by atoms with E-state index in [2.05, 4.69) is 0 Å². The molecular weight excluding hydrogens is 302 g/mol. The van der Waals surface area contributed by atoms with Crippen LogP contribution in [0.15, 0.2) is 5.38 Å². The summed E-state index contributed by atoms with van der Waals surface area (Å²) in [5.41, 5.74) is 1.11. The third kappa shape index (κ3) is 3.61. The number of amides is 1. The van der Waals surface area contributed by atoms with Gasteiger partial charge < -0.3 is 14.4 Å². The van der Waals surface area contributed by atoms with Crippen molar-refractivity contribution in [1.29, 1.82) is 0 Å². The van der Waals surface area contributed by atoms with Crippen molar-refractivity contribution >= 4 is 23.4 Å². The lowest BCUT2D eigenvalue weighted by Crippen LogP contribution is -2.35. The summed E-state index contributed by atoms with van der Waals surface area (Å²) >= 11 is 1.56. The Balaban J connectivity index is 2.06. The third-order valence-corrected chi connectivity index (χ3v) is 4.94. The summed E-state index contributed by atoms with van der Waals surface area (Å²) in [7, 11) is 1.39. The van der Waals surface area contributed by atoms with Crippen LogP contribution in [0.3, 0.4) is 0 Å². The molecule has 0 aliphatic carbocycles. The molecule has 0 spiro atoms. The van der Waals surface area contributed by atoms with Crippen LogP contribution >= 0.6 is 11.3 Å². The molecule has 1 saturated heterocycles. The summed E-state index contributed by atoms with van der Waals surface area (Å²) in [6, 6.07) is 0. The molecule has 1 aromatic rings. The second kappa shape index (κ2) is 6.28. The van der Waals surface area contributed by atoms with Crippen molar-refractivity contribution < 1.29 is 19.1 Å². The number of ether oxygens (including phenoxy) is 2. The fraction of sp³-hybridized carbons (Fsp3) is 0.625. The highest BCUT2D eigenvalue weighted by Gasteiger charge is 2.32. The van der Waals surface area contributed by atoms with Gasteiger partial charge in [-0.3, -0.25) is 0 Å². The number of methoxy groups -OCH3 is 1. The maximum Gasteiger partial charge on any atom is 0.410 e. The highest BCUT2D eigenvalue weighted by atomic mass is 32.1. The predicted molar refractivity (Wildman–Crippen MR) is 85.6 cm³/mol. The van der Waals surface area contributed by atoms with Crippen molar-refractivity contribution in [3.8, 4) is 0 Å². The first-order valence-electron chi connectivity index (χ1n) is 7.37. The highest BCUT2D eigenvalue weighted by molar-refractivity contribution is 7.10. The number of esters is 1. The largest absolute Gasteiger partial charge is 0.465 e. The number of rotatable bonds is 2. The average molecular weight is 325 g/mol. The van der Waals surface area contributed by atoms with Gasteiger partial charge in [0.05, 0.1) is 12.7 Å². The fourth-order valence-corrected chi connectivity index (χ4v) is 3.80. The molecule has 1 aromatic heterocycles. The fourth-order valence-electron chi connectivity index (χ4n) is 2.61. The number of likely N-dealkylation sites (tertiary alicyclic amines) is 1. The van der Waals surface area contributed by atoms with E-state index >= 15 is 0 Å². The van der Waals surface area contributed by atoms with E-state index in [1.54, 1.807) is 16.2 Å². The Morgan fingerprint density at radius 1 is 1.36 bits per heavy atom. The number of hydrogen-bond donors (Lipinski definition) is 0. The molecule has 1 unspecified atom stereocenters. The van der Waals surface area contributed by atoms with Crippen LogP contribution in [0.1, 0.15) is 53.9 Å². The monoisotopic (exact) mass is 325 g/mol. The molecular formula is C16H23NO4S. The van der Waals surface area contributed by atoms with Crippen molar-refractivity contribution in [3.05, 3.63) is 21.4 Å². The van der Waals surface area contributed by atoms with Gasteiger partial charge in [-0.1, -0.05) is 0 Å². The molecule has 1 atom stereocenters. The number of thiophene rings is 1. The van der Waals surface area contributed by atoms with Crippen LogP contribution in [-0.2, 0) is 9.47 Å². The van der Waals surface area contributed by atoms with Gasteiger partial charge >= 0.3 is 12.1 Å². The lowest BCUT2D eigenvalue weighted by Gasteiger charge is -2.24. The Morgan fingerprint density at radius 2 is 2.05 bits per heavy atom. The molecule has 1 amide bonds. The summed E-state index contributed by atoms with van der Waals surface area (Å²) in [4.78, 5) is 26.7. The first kappa shape index (κ1) is 16.8. The van der Waals surface area contributed by atoms with Crippen LogP contribution in [-0.4, -0.2) is 42.8 Å². The van der Waals surface area contributed by atoms with Crippen LogP contribution < -0.4 is 0 Å². The summed E-state index contributed by atoms with van der Waals surface area (Å²) in [6.07, 6.45) is 0.624. The van der Waals surface area contributed by atoms with E-state index in [-0.39, 0.29) is 18.0 Å². The average Bonchev–Trinajstić information content (AvgIpc) is 3.02. The lowest BCUT2D eigenvalue weighted by atomic mass is 10.0. The van der Waals surface area contributed by atoms with Crippen LogP contribution in [0.5, 0.6) is 0 Å². The van der Waals surface area contributed by atoms with Gasteiger partial charge in [-0.15, -0.1) is 11.3 Å². The zero-order valence-electron chi connectivity index (χ0n) is 13.8. The quantitative estimate of drug-likeness (QED) is 0.780. The van der Waals surface area contributed by atoms with Crippen LogP contribution in [0.2, 0.25) is 0 Å². The van der Waals surface area contributed by atoms with Crippen molar-refractivity contribution in [2.75, 3.05) is 20.2 Å². The van der Waals surface area contributed by atoms with Gasteiger partial charge in [-0.05, 0) is 39.7 Å². The van der Waals surface area contributed by atoms with Gasteiger partial charge in [0.1, 0.15) is 5.60 Å². The smallest absolute Gasteiger partial charge is 0.410 e. The predicted octanol–water partition coefficient (Wildman–Crippen LogP) is 3.57. The van der Waals surface area contributed by atoms with E-state index in [1.807, 2.05) is 33.1 Å². The molecule has 22 heavy (non-hydrogen) atoms. The Kier molecular flexibility index (Phi) is 4.80. The standard InChI is InChI=1S/C16H23NO4S/c1-10-12(14(18)20-5)9-22-13(10)11-6-7-17(8-11)15(19)21-16(2,3)4/h9,11H,6-8H2,1-5H3. The molecule has 0 radical (unpaired) electrons. The summed E-state index contributed by atoms with van der Waals surface area (Å²) in [5, 5.41) is 1.84. The zero-order chi connectivity index (χ0) is 16.5. The summed E-state index contributed by atoms with van der Waals surface area (Å²) in [6.45, 7) is 8.86. The second-order valence-corrected chi connectivity index (χ2v) is 7.45. The molecule has 2 heterocycles. The van der Waals surface area contributed by atoms with Crippen LogP contribution in [0, 0.1) is 6.92 Å². The molecule has 0 N–H and O–H groups in total. The number of carbonyl (C=O) groups is 2. The van der Waals surface area contributed by atoms with Crippen molar-refractivity contribution in [2.24, 2.45) is 0 Å². The lowest BCUT2D eigenvalue weighted by molar-refractivity contribution is 0.0292. The maximum absolute atomic E-state index is 12.1. The maximum atomic E-state index is 12.1. The molecule has 1 aliphatic rings. The summed E-state index contributed by atoms with van der Waals surface area (Å²) < 4.78 is 10.2. The third-order valence-electron chi connectivity index (χ3n) is 3.69. The first-order valence-corrected chi connectivity index (χ1v) is 8.25. The van der Waals surface area contributed by atoms with E-state index in [0.29, 0.717) is 18.7 Å². The minimum atomic E-state index is -0.480. The number of carbonyl (C=O) groups excluding carboxylic acids is 2. The first-order chi connectivity index (χ1) is 10.2. The topological polar surface area (TPSA) is 55.8 Å². The SMILES string of the molecule is COC(=O)c1csc(C2CCN(C(=O)OC(C)(C)C)C2)c1C. The van der Waals surface area contributed by atoms with Gasteiger partial charge in [-0.2, -0.15) is 0 Å². The summed E-state index contributed by atoms with van der Waals surface area (Å²) in [5.74, 6) is -0.0436. The minimum absolute atomic E-state index is 0.260. The van der Waals surface area contributed by atoms with Crippen molar-refractivity contribution in [3.63, 3.8) is 0 Å². The molecule has 5 nitrogen and oxygen atoms in total. The van der Waals surface area contributed by atoms with Crippen molar-refractivity contribution in [1.82, 2.24) is 4.90 Å². The van der Waals surface area contributed by atoms with Gasteiger partial charge in [0.25, 0.3) is 0 Å². The normalized spacial score (nSPS) is 18.4. The molecule has 122 valence electrons. The Bertz CT molecular complexity index is 573. The van der Waals surface area contributed by atoms with Crippen LogP contribution in [0.4, 0.5) is 4.79 Å². The Hall–Kier alpha value is -1.56. The highest BCUT2D eigenvalue weighted by Crippen LogP contribution is 2.35. The van der Waals surface area contributed by atoms with E-state index in [1.165, 1.54) is 7.11 Å². The molecule has 2 rings (SSSR count). The Labute approximate surface area is 135 Å². The van der Waals surface area contributed by atoms with Crippen molar-refractivity contribution in [2.45, 2.75) is 45.6 Å². The van der Waals surface area contributed by atoms with Gasteiger partial charge in [0.15, 0.2) is 0 Å². The molecule has 1 fully saturated rings. The number of hydrogen-bond acceptors (Lipinski definition) is 5.